The van der Waals surface area contributed by atoms with Crippen molar-refractivity contribution in [3.63, 3.8) is 0 Å². The molecule has 0 spiro atoms. The number of nitrogens with one attached hydrogen (secondary N) is 1. The van der Waals surface area contributed by atoms with E-state index in [0.717, 1.165) is 12.2 Å². The monoisotopic (exact) mass is 175 g/mol. The summed E-state index contributed by atoms with van der Waals surface area (Å²) >= 11 is 0. The van der Waals surface area contributed by atoms with Crippen LogP contribution >= 0.6 is 0 Å². The first-order valence-corrected chi connectivity index (χ1v) is 4.36. The van der Waals surface area contributed by atoms with Gasteiger partial charge in [-0.1, -0.05) is 6.07 Å². The van der Waals surface area contributed by atoms with E-state index in [2.05, 4.69) is 23.4 Å². The summed E-state index contributed by atoms with van der Waals surface area (Å²) in [6, 6.07) is 4.05. The van der Waals surface area contributed by atoms with Crippen LogP contribution in [-0.4, -0.2) is 23.6 Å². The minimum atomic E-state index is 0.915. The molecule has 1 N–H and O–H groups in total. The summed E-state index contributed by atoms with van der Waals surface area (Å²) in [4.78, 5) is 4.36. The number of aryl methyl sites for hydroxylation is 1. The van der Waals surface area contributed by atoms with Crippen LogP contribution in [0, 0.1) is 6.92 Å². The van der Waals surface area contributed by atoms with Gasteiger partial charge in [0.15, 0.2) is 0 Å². The van der Waals surface area contributed by atoms with Gasteiger partial charge < -0.3 is 5.43 Å². The molecule has 0 amide bonds. The molecule has 1 aliphatic heterocycles. The standard InChI is InChI=1S/C10H13N3/c1-8-4-3-5-11-10(8)9-6-12-13(2)7-9/h3-6,12H,7H2,1-2H3. The Morgan fingerprint density at radius 2 is 2.38 bits per heavy atom. The van der Waals surface area contributed by atoms with Crippen LogP contribution in [-0.2, 0) is 0 Å². The zero-order chi connectivity index (χ0) is 9.26. The quantitative estimate of drug-likeness (QED) is 0.694. The zero-order valence-corrected chi connectivity index (χ0v) is 7.91. The van der Waals surface area contributed by atoms with Gasteiger partial charge in [-0.3, -0.25) is 4.98 Å². The number of likely N-dealkylation sites (N-methyl/N-ethyl adjacent to an activating group) is 1. The molecule has 0 aromatic carbocycles. The van der Waals surface area contributed by atoms with Gasteiger partial charge in [0.05, 0.1) is 5.69 Å². The number of pyridine rings is 1. The van der Waals surface area contributed by atoms with Crippen LogP contribution < -0.4 is 5.43 Å². The predicted molar refractivity (Wildman–Crippen MR) is 52.7 cm³/mol. The number of rotatable bonds is 1. The number of hydrogen-bond acceptors (Lipinski definition) is 3. The van der Waals surface area contributed by atoms with Gasteiger partial charge in [0.1, 0.15) is 0 Å². The Morgan fingerprint density at radius 3 is 3.00 bits per heavy atom. The predicted octanol–water partition coefficient (Wildman–Crippen LogP) is 1.18. The van der Waals surface area contributed by atoms with Gasteiger partial charge in [-0.05, 0) is 18.6 Å². The van der Waals surface area contributed by atoms with Crippen molar-refractivity contribution in [1.29, 1.82) is 0 Å². The minimum absolute atomic E-state index is 0.915. The van der Waals surface area contributed by atoms with Gasteiger partial charge in [-0.15, -0.1) is 0 Å². The van der Waals surface area contributed by atoms with Crippen molar-refractivity contribution in [3.05, 3.63) is 35.8 Å². The van der Waals surface area contributed by atoms with E-state index in [4.69, 9.17) is 0 Å². The number of hydrazine groups is 1. The molecule has 3 nitrogen and oxygen atoms in total. The summed E-state index contributed by atoms with van der Waals surface area (Å²) in [5.74, 6) is 0. The maximum Gasteiger partial charge on any atom is 0.0719 e. The molecule has 3 heteroatoms. The summed E-state index contributed by atoms with van der Waals surface area (Å²) in [5.41, 5.74) is 6.70. The first-order valence-electron chi connectivity index (χ1n) is 4.36. The van der Waals surface area contributed by atoms with Crippen LogP contribution in [0.15, 0.2) is 24.5 Å². The molecule has 0 saturated heterocycles. The van der Waals surface area contributed by atoms with Crippen molar-refractivity contribution < 1.29 is 0 Å². The minimum Gasteiger partial charge on any atom is -0.326 e. The van der Waals surface area contributed by atoms with Gasteiger partial charge >= 0.3 is 0 Å². The van der Waals surface area contributed by atoms with Gasteiger partial charge in [0.25, 0.3) is 0 Å². The van der Waals surface area contributed by atoms with Crippen molar-refractivity contribution >= 4 is 5.57 Å². The van der Waals surface area contributed by atoms with Crippen LogP contribution in [0.3, 0.4) is 0 Å². The first-order chi connectivity index (χ1) is 6.27. The maximum absolute atomic E-state index is 4.36. The topological polar surface area (TPSA) is 28.2 Å². The number of hydrogen-bond donors (Lipinski definition) is 1. The van der Waals surface area contributed by atoms with Crippen molar-refractivity contribution in [3.8, 4) is 0 Å². The fourth-order valence-electron chi connectivity index (χ4n) is 1.50. The number of aromatic nitrogens is 1. The van der Waals surface area contributed by atoms with Crippen LogP contribution in [0.2, 0.25) is 0 Å². The molecule has 13 heavy (non-hydrogen) atoms. The third-order valence-electron chi connectivity index (χ3n) is 2.18. The zero-order valence-electron chi connectivity index (χ0n) is 7.91. The molecular formula is C10H13N3. The Balaban J connectivity index is 2.31. The van der Waals surface area contributed by atoms with Crippen LogP contribution in [0.1, 0.15) is 11.3 Å². The van der Waals surface area contributed by atoms with E-state index in [9.17, 15) is 0 Å². The lowest BCUT2D eigenvalue weighted by molar-refractivity contribution is 0.334. The van der Waals surface area contributed by atoms with Gasteiger partial charge in [0.2, 0.25) is 0 Å². The fourth-order valence-corrected chi connectivity index (χ4v) is 1.50. The third kappa shape index (κ3) is 1.55. The first kappa shape index (κ1) is 8.26. The highest BCUT2D eigenvalue weighted by atomic mass is 15.5. The van der Waals surface area contributed by atoms with E-state index in [-0.39, 0.29) is 0 Å². The van der Waals surface area contributed by atoms with Gasteiger partial charge in [-0.2, -0.15) is 0 Å². The Kier molecular flexibility index (Phi) is 2.02. The van der Waals surface area contributed by atoms with Crippen molar-refractivity contribution in [2.45, 2.75) is 6.92 Å². The average Bonchev–Trinajstić information content (AvgIpc) is 2.53. The van der Waals surface area contributed by atoms with E-state index in [1.54, 1.807) is 0 Å². The molecule has 1 aromatic heterocycles. The fraction of sp³-hybridized carbons (Fsp3) is 0.300. The Labute approximate surface area is 78.1 Å². The average molecular weight is 175 g/mol. The normalized spacial score (nSPS) is 16.9. The molecule has 0 saturated carbocycles. The van der Waals surface area contributed by atoms with Crippen molar-refractivity contribution in [1.82, 2.24) is 15.4 Å². The summed E-state index contributed by atoms with van der Waals surface area (Å²) in [6.07, 6.45) is 3.84. The lowest BCUT2D eigenvalue weighted by Gasteiger charge is -2.08. The highest BCUT2D eigenvalue weighted by Crippen LogP contribution is 2.18. The van der Waals surface area contributed by atoms with Crippen molar-refractivity contribution in [2.24, 2.45) is 0 Å². The second-order valence-corrected chi connectivity index (χ2v) is 3.32. The largest absolute Gasteiger partial charge is 0.326 e. The smallest absolute Gasteiger partial charge is 0.0719 e. The molecule has 68 valence electrons. The van der Waals surface area contributed by atoms with Gasteiger partial charge in [-0.25, -0.2) is 5.01 Å². The van der Waals surface area contributed by atoms with Crippen LogP contribution in [0.25, 0.3) is 5.57 Å². The Morgan fingerprint density at radius 1 is 1.54 bits per heavy atom. The van der Waals surface area contributed by atoms with E-state index in [0.29, 0.717) is 0 Å². The molecule has 0 radical (unpaired) electrons. The summed E-state index contributed by atoms with van der Waals surface area (Å²) in [5, 5.41) is 2.03. The highest BCUT2D eigenvalue weighted by molar-refractivity contribution is 5.67. The third-order valence-corrected chi connectivity index (χ3v) is 2.18. The molecule has 2 heterocycles. The SMILES string of the molecule is Cc1cccnc1C1=CNN(C)C1. The second kappa shape index (κ2) is 3.18. The van der Waals surface area contributed by atoms with E-state index in [1.165, 1.54) is 11.1 Å². The Bertz CT molecular complexity index is 344. The summed E-state index contributed by atoms with van der Waals surface area (Å²) < 4.78 is 0. The molecule has 2 rings (SSSR count). The van der Waals surface area contributed by atoms with Crippen molar-refractivity contribution in [2.75, 3.05) is 13.6 Å². The van der Waals surface area contributed by atoms with Crippen LogP contribution in [0.4, 0.5) is 0 Å². The second-order valence-electron chi connectivity index (χ2n) is 3.32. The number of nitrogens with zero attached hydrogens (tertiary/aromatic N) is 2. The van der Waals surface area contributed by atoms with E-state index in [1.807, 2.05) is 30.5 Å². The van der Waals surface area contributed by atoms with E-state index >= 15 is 0 Å². The lowest BCUT2D eigenvalue weighted by atomic mass is 10.1. The van der Waals surface area contributed by atoms with Gasteiger partial charge in [0, 0.05) is 31.6 Å². The Hall–Kier alpha value is -1.35. The van der Waals surface area contributed by atoms with Crippen LogP contribution in [0.5, 0.6) is 0 Å². The molecule has 1 aromatic rings. The summed E-state index contributed by atoms with van der Waals surface area (Å²) in [7, 11) is 2.02. The molecule has 1 aliphatic rings. The molecule has 0 atom stereocenters. The van der Waals surface area contributed by atoms with E-state index < -0.39 is 0 Å². The molecule has 0 fully saturated rings. The maximum atomic E-state index is 4.36. The lowest BCUT2D eigenvalue weighted by Crippen LogP contribution is -2.24. The molecular weight excluding hydrogens is 162 g/mol. The summed E-state index contributed by atoms with van der Waals surface area (Å²) in [6.45, 7) is 3.00. The molecule has 0 bridgehead atoms. The highest BCUT2D eigenvalue weighted by Gasteiger charge is 2.13. The molecule has 0 aliphatic carbocycles. The molecule has 0 unspecified atom stereocenters.